The highest BCUT2D eigenvalue weighted by Gasteiger charge is 2.08. The number of rotatable bonds is 3. The average Bonchev–Trinajstić information content (AvgIpc) is 2.83. The standard InChI is InChI=1S/C15H12N2O/c18-15(12-6-2-1-3-7-12)11-17-14-9-5-4-8-13(14)10-16-17/h1-10H,11H2. The molecule has 88 valence electrons. The molecule has 0 bridgehead atoms. The van der Waals surface area contributed by atoms with Gasteiger partial charge in [-0.3, -0.25) is 9.48 Å². The summed E-state index contributed by atoms with van der Waals surface area (Å²) in [6, 6.07) is 17.2. The van der Waals surface area contributed by atoms with Crippen LogP contribution in [-0.2, 0) is 6.54 Å². The van der Waals surface area contributed by atoms with Crippen LogP contribution < -0.4 is 0 Å². The Hall–Kier alpha value is -2.42. The quantitative estimate of drug-likeness (QED) is 0.655. The number of hydrogen-bond donors (Lipinski definition) is 0. The Balaban J connectivity index is 1.91. The number of fused-ring (bicyclic) bond motifs is 1. The molecule has 18 heavy (non-hydrogen) atoms. The van der Waals surface area contributed by atoms with Crippen molar-refractivity contribution in [3.63, 3.8) is 0 Å². The molecule has 3 rings (SSSR count). The van der Waals surface area contributed by atoms with E-state index in [-0.39, 0.29) is 12.3 Å². The van der Waals surface area contributed by atoms with Gasteiger partial charge in [0.1, 0.15) is 6.54 Å². The third-order valence-corrected chi connectivity index (χ3v) is 2.94. The Labute approximate surface area is 105 Å². The van der Waals surface area contributed by atoms with Gasteiger partial charge < -0.3 is 0 Å². The fraction of sp³-hybridized carbons (Fsp3) is 0.0667. The van der Waals surface area contributed by atoms with Crippen LogP contribution in [0.2, 0.25) is 0 Å². The molecule has 1 aromatic heterocycles. The van der Waals surface area contributed by atoms with Crippen molar-refractivity contribution in [1.82, 2.24) is 9.78 Å². The average molecular weight is 236 g/mol. The van der Waals surface area contributed by atoms with Gasteiger partial charge in [0.05, 0.1) is 11.7 Å². The van der Waals surface area contributed by atoms with Gasteiger partial charge in [-0.2, -0.15) is 5.10 Å². The zero-order valence-electron chi connectivity index (χ0n) is 9.78. The molecule has 1 heterocycles. The highest BCUT2D eigenvalue weighted by atomic mass is 16.1. The van der Waals surface area contributed by atoms with Gasteiger partial charge in [0.2, 0.25) is 0 Å². The fourth-order valence-electron chi connectivity index (χ4n) is 2.00. The van der Waals surface area contributed by atoms with Crippen molar-refractivity contribution in [3.8, 4) is 0 Å². The van der Waals surface area contributed by atoms with Crippen LogP contribution in [0.25, 0.3) is 10.9 Å². The predicted octanol–water partition coefficient (Wildman–Crippen LogP) is 2.92. The van der Waals surface area contributed by atoms with Gasteiger partial charge in [-0.15, -0.1) is 0 Å². The number of Topliss-reactive ketones (excluding diaryl/α,β-unsaturated/α-hetero) is 1. The van der Waals surface area contributed by atoms with E-state index in [2.05, 4.69) is 5.10 Å². The topological polar surface area (TPSA) is 34.9 Å². The molecule has 0 spiro atoms. The minimum Gasteiger partial charge on any atom is -0.292 e. The summed E-state index contributed by atoms with van der Waals surface area (Å²) in [5.74, 6) is 0.0736. The Morgan fingerprint density at radius 3 is 2.56 bits per heavy atom. The van der Waals surface area contributed by atoms with Crippen LogP contribution in [0.15, 0.2) is 60.8 Å². The molecule has 0 radical (unpaired) electrons. The van der Waals surface area contributed by atoms with Crippen molar-refractivity contribution < 1.29 is 4.79 Å². The molecule has 0 N–H and O–H groups in total. The first-order chi connectivity index (χ1) is 8.84. The highest BCUT2D eigenvalue weighted by Crippen LogP contribution is 2.13. The number of para-hydroxylation sites is 1. The lowest BCUT2D eigenvalue weighted by Crippen LogP contribution is -2.11. The molecule has 3 heteroatoms. The molecule has 0 atom stereocenters. The van der Waals surface area contributed by atoms with Crippen LogP contribution in [0, 0.1) is 0 Å². The zero-order chi connectivity index (χ0) is 12.4. The van der Waals surface area contributed by atoms with E-state index in [1.807, 2.05) is 54.6 Å². The number of carbonyl (C=O) groups excluding carboxylic acids is 1. The van der Waals surface area contributed by atoms with Gasteiger partial charge in [-0.1, -0.05) is 48.5 Å². The number of ketones is 1. The maximum Gasteiger partial charge on any atom is 0.184 e. The van der Waals surface area contributed by atoms with Gasteiger partial charge in [0, 0.05) is 10.9 Å². The number of benzene rings is 2. The summed E-state index contributed by atoms with van der Waals surface area (Å²) in [7, 11) is 0. The summed E-state index contributed by atoms with van der Waals surface area (Å²) in [5, 5.41) is 5.31. The molecule has 0 fully saturated rings. The molecular formula is C15H12N2O. The largest absolute Gasteiger partial charge is 0.292 e. The first kappa shape index (κ1) is 10.7. The van der Waals surface area contributed by atoms with Gasteiger partial charge >= 0.3 is 0 Å². The van der Waals surface area contributed by atoms with Crippen LogP contribution >= 0.6 is 0 Å². The number of hydrogen-bond acceptors (Lipinski definition) is 2. The summed E-state index contributed by atoms with van der Waals surface area (Å²) in [5.41, 5.74) is 1.71. The van der Waals surface area contributed by atoms with E-state index in [0.29, 0.717) is 0 Å². The molecule has 0 aliphatic carbocycles. The molecule has 2 aromatic carbocycles. The monoisotopic (exact) mass is 236 g/mol. The summed E-state index contributed by atoms with van der Waals surface area (Å²) < 4.78 is 1.74. The van der Waals surface area contributed by atoms with Gasteiger partial charge in [-0.25, -0.2) is 0 Å². The number of aromatic nitrogens is 2. The summed E-state index contributed by atoms with van der Waals surface area (Å²) in [6.07, 6.45) is 1.79. The van der Waals surface area contributed by atoms with Crippen LogP contribution in [0.3, 0.4) is 0 Å². The number of nitrogens with zero attached hydrogens (tertiary/aromatic N) is 2. The zero-order valence-corrected chi connectivity index (χ0v) is 9.78. The van der Waals surface area contributed by atoms with Crippen LogP contribution in [0.5, 0.6) is 0 Å². The van der Waals surface area contributed by atoms with Gasteiger partial charge in [0.25, 0.3) is 0 Å². The molecule has 3 aromatic rings. The molecule has 0 saturated heterocycles. The third kappa shape index (κ3) is 1.91. The molecule has 0 amide bonds. The molecule has 3 nitrogen and oxygen atoms in total. The molecule has 0 unspecified atom stereocenters. The van der Waals surface area contributed by atoms with Crippen molar-refractivity contribution >= 4 is 16.7 Å². The normalized spacial score (nSPS) is 10.7. The van der Waals surface area contributed by atoms with Crippen LogP contribution in [0.4, 0.5) is 0 Å². The van der Waals surface area contributed by atoms with Crippen LogP contribution in [-0.4, -0.2) is 15.6 Å². The van der Waals surface area contributed by atoms with Crippen molar-refractivity contribution in [1.29, 1.82) is 0 Å². The number of carbonyl (C=O) groups is 1. The fourth-order valence-corrected chi connectivity index (χ4v) is 2.00. The van der Waals surface area contributed by atoms with E-state index in [9.17, 15) is 4.79 Å². The molecular weight excluding hydrogens is 224 g/mol. The second kappa shape index (κ2) is 4.45. The Kier molecular flexibility index (Phi) is 2.65. The maximum absolute atomic E-state index is 12.1. The van der Waals surface area contributed by atoms with Gasteiger partial charge in [-0.05, 0) is 6.07 Å². The first-order valence-corrected chi connectivity index (χ1v) is 5.83. The lowest BCUT2D eigenvalue weighted by Gasteiger charge is -2.03. The summed E-state index contributed by atoms with van der Waals surface area (Å²) in [6.45, 7) is 0.275. The van der Waals surface area contributed by atoms with E-state index in [1.165, 1.54) is 0 Å². The van der Waals surface area contributed by atoms with Crippen LogP contribution in [0.1, 0.15) is 10.4 Å². The van der Waals surface area contributed by atoms with E-state index < -0.39 is 0 Å². The van der Waals surface area contributed by atoms with Crippen molar-refractivity contribution in [2.75, 3.05) is 0 Å². The van der Waals surface area contributed by atoms with E-state index in [0.717, 1.165) is 16.5 Å². The molecule has 0 saturated carbocycles. The summed E-state index contributed by atoms with van der Waals surface area (Å²) in [4.78, 5) is 12.1. The smallest absolute Gasteiger partial charge is 0.184 e. The van der Waals surface area contributed by atoms with Gasteiger partial charge in [0.15, 0.2) is 5.78 Å². The maximum atomic E-state index is 12.1. The molecule has 0 aliphatic heterocycles. The SMILES string of the molecule is O=C(Cn1ncc2ccccc21)c1ccccc1. The second-order valence-electron chi connectivity index (χ2n) is 4.15. The van der Waals surface area contributed by atoms with Crippen molar-refractivity contribution in [3.05, 3.63) is 66.4 Å². The second-order valence-corrected chi connectivity index (χ2v) is 4.15. The highest BCUT2D eigenvalue weighted by molar-refractivity contribution is 5.96. The molecule has 0 aliphatic rings. The summed E-state index contributed by atoms with van der Waals surface area (Å²) >= 11 is 0. The third-order valence-electron chi connectivity index (χ3n) is 2.94. The Bertz CT molecular complexity index is 686. The van der Waals surface area contributed by atoms with Crippen molar-refractivity contribution in [2.24, 2.45) is 0 Å². The first-order valence-electron chi connectivity index (χ1n) is 5.83. The minimum absolute atomic E-state index is 0.0736. The Morgan fingerprint density at radius 2 is 1.72 bits per heavy atom. The minimum atomic E-state index is 0.0736. The lowest BCUT2D eigenvalue weighted by molar-refractivity contribution is 0.0969. The predicted molar refractivity (Wildman–Crippen MR) is 70.5 cm³/mol. The lowest BCUT2D eigenvalue weighted by atomic mass is 10.1. The Morgan fingerprint density at radius 1 is 1.00 bits per heavy atom. The van der Waals surface area contributed by atoms with E-state index in [4.69, 9.17) is 0 Å². The van der Waals surface area contributed by atoms with Crippen molar-refractivity contribution in [2.45, 2.75) is 6.54 Å². The van der Waals surface area contributed by atoms with E-state index >= 15 is 0 Å². The van der Waals surface area contributed by atoms with E-state index in [1.54, 1.807) is 10.9 Å².